The van der Waals surface area contributed by atoms with Gasteiger partial charge in [-0.15, -0.1) is 11.3 Å². The molecule has 3 heterocycles. The van der Waals surface area contributed by atoms with Crippen molar-refractivity contribution in [3.05, 3.63) is 247 Å². The summed E-state index contributed by atoms with van der Waals surface area (Å²) in [7, 11) is 0. The van der Waals surface area contributed by atoms with Crippen LogP contribution in [0, 0.1) is 0 Å². The summed E-state index contributed by atoms with van der Waals surface area (Å²) in [6.07, 6.45) is 0. The summed E-state index contributed by atoms with van der Waals surface area (Å²) >= 11 is 1.79. The smallest absolute Gasteiger partial charge is 0.164 e. The predicted molar refractivity (Wildman–Crippen MR) is 283 cm³/mol. The highest BCUT2D eigenvalue weighted by Crippen LogP contribution is 2.63. The van der Waals surface area contributed by atoms with Crippen LogP contribution in [0.5, 0.6) is 0 Å². The molecule has 0 atom stereocenters. The molecule has 10 aromatic carbocycles. The van der Waals surface area contributed by atoms with E-state index >= 15 is 0 Å². The fourth-order valence-electron chi connectivity index (χ4n) is 11.6. The number of fused-ring (bicyclic) bond motifs is 16. The predicted octanol–water partition coefficient (Wildman–Crippen LogP) is 16.8. The minimum Gasteiger partial charge on any atom is -0.456 e. The summed E-state index contributed by atoms with van der Waals surface area (Å²) in [5.41, 5.74) is 19.1. The van der Waals surface area contributed by atoms with Crippen molar-refractivity contribution in [2.75, 3.05) is 0 Å². The third kappa shape index (κ3) is 5.53. The SMILES string of the molecule is c1ccc(-c2ccc(-c3nc(-c4cccc5oc6ccc(-c7ccc8c(c7)-c7ccccc7C87c8ccccc8-c8ccccc87)cc6c45)nc(-c4cccc5sc6ccccc6c45)n3)cc2)cc1. The van der Waals surface area contributed by atoms with Gasteiger partial charge in [0.2, 0.25) is 0 Å². The number of benzene rings is 10. The summed E-state index contributed by atoms with van der Waals surface area (Å²) in [5, 5.41) is 4.33. The second-order valence-corrected chi connectivity index (χ2v) is 19.2. The molecular weight excluding hydrogens is 859 g/mol. The Morgan fingerprint density at radius 2 is 0.812 bits per heavy atom. The third-order valence-electron chi connectivity index (χ3n) is 14.6. The molecule has 5 heteroatoms. The van der Waals surface area contributed by atoms with Crippen LogP contribution in [0.4, 0.5) is 0 Å². The summed E-state index contributed by atoms with van der Waals surface area (Å²) in [5.74, 6) is 1.83. The van der Waals surface area contributed by atoms with Gasteiger partial charge >= 0.3 is 0 Å². The van der Waals surface area contributed by atoms with E-state index in [4.69, 9.17) is 19.4 Å². The van der Waals surface area contributed by atoms with Gasteiger partial charge in [0.05, 0.1) is 5.41 Å². The summed E-state index contributed by atoms with van der Waals surface area (Å²) < 4.78 is 9.10. The number of thiophene rings is 1. The Hall–Kier alpha value is -8.77. The normalized spacial score (nSPS) is 13.0. The van der Waals surface area contributed by atoms with Gasteiger partial charge in [-0.2, -0.15) is 0 Å². The third-order valence-corrected chi connectivity index (χ3v) is 15.7. The molecule has 69 heavy (non-hydrogen) atoms. The molecule has 0 aliphatic heterocycles. The summed E-state index contributed by atoms with van der Waals surface area (Å²) in [4.78, 5) is 16.0. The van der Waals surface area contributed by atoms with Crippen molar-refractivity contribution in [3.8, 4) is 78.7 Å². The van der Waals surface area contributed by atoms with Crippen LogP contribution in [0.3, 0.4) is 0 Å². The summed E-state index contributed by atoms with van der Waals surface area (Å²) in [6, 6.07) is 80.8. The molecule has 0 bridgehead atoms. The topological polar surface area (TPSA) is 51.8 Å². The molecular formula is C64H37N3OS. The molecule has 0 N–H and O–H groups in total. The van der Waals surface area contributed by atoms with Gasteiger partial charge in [-0.1, -0.05) is 188 Å². The Morgan fingerprint density at radius 3 is 1.55 bits per heavy atom. The van der Waals surface area contributed by atoms with Crippen molar-refractivity contribution in [3.63, 3.8) is 0 Å². The molecule has 2 aliphatic carbocycles. The van der Waals surface area contributed by atoms with Crippen LogP contribution in [0.25, 0.3) is 121 Å². The number of rotatable bonds is 5. The van der Waals surface area contributed by atoms with Crippen molar-refractivity contribution in [2.24, 2.45) is 0 Å². The first-order chi connectivity index (χ1) is 34.2. The quantitative estimate of drug-likeness (QED) is 0.173. The van der Waals surface area contributed by atoms with Gasteiger partial charge < -0.3 is 4.42 Å². The number of aromatic nitrogens is 3. The van der Waals surface area contributed by atoms with Crippen LogP contribution in [0.15, 0.2) is 229 Å². The Bertz CT molecular complexity index is 4220. The van der Waals surface area contributed by atoms with Gasteiger partial charge in [0.15, 0.2) is 17.5 Å². The second-order valence-electron chi connectivity index (χ2n) is 18.2. The van der Waals surface area contributed by atoms with E-state index in [0.29, 0.717) is 17.5 Å². The average Bonchev–Trinajstić information content (AvgIpc) is 4.16. The van der Waals surface area contributed by atoms with Gasteiger partial charge in [0, 0.05) is 47.6 Å². The Balaban J connectivity index is 0.910. The minimum absolute atomic E-state index is 0.383. The maximum Gasteiger partial charge on any atom is 0.164 e. The van der Waals surface area contributed by atoms with Crippen LogP contribution in [0.2, 0.25) is 0 Å². The summed E-state index contributed by atoms with van der Waals surface area (Å²) in [6.45, 7) is 0. The highest BCUT2D eigenvalue weighted by Gasteiger charge is 2.51. The van der Waals surface area contributed by atoms with E-state index in [1.54, 1.807) is 11.3 Å². The highest BCUT2D eigenvalue weighted by atomic mass is 32.1. The van der Waals surface area contributed by atoms with Gasteiger partial charge in [-0.25, -0.2) is 15.0 Å². The van der Waals surface area contributed by atoms with Gasteiger partial charge in [-0.3, -0.25) is 0 Å². The lowest BCUT2D eigenvalue weighted by Crippen LogP contribution is -2.25. The van der Waals surface area contributed by atoms with Gasteiger partial charge in [0.25, 0.3) is 0 Å². The van der Waals surface area contributed by atoms with E-state index in [1.807, 2.05) is 18.2 Å². The van der Waals surface area contributed by atoms with Crippen molar-refractivity contribution < 1.29 is 4.42 Å². The molecule has 0 radical (unpaired) electrons. The van der Waals surface area contributed by atoms with Gasteiger partial charge in [0.1, 0.15) is 11.2 Å². The van der Waals surface area contributed by atoms with E-state index < -0.39 is 0 Å². The molecule has 3 aromatic heterocycles. The maximum absolute atomic E-state index is 6.67. The lowest BCUT2D eigenvalue weighted by atomic mass is 9.70. The van der Waals surface area contributed by atoms with Crippen LogP contribution in [0.1, 0.15) is 22.3 Å². The Morgan fingerprint density at radius 1 is 0.304 bits per heavy atom. The van der Waals surface area contributed by atoms with Crippen molar-refractivity contribution in [2.45, 2.75) is 5.41 Å². The number of hydrogen-bond acceptors (Lipinski definition) is 5. The molecule has 2 aliphatic rings. The molecule has 0 unspecified atom stereocenters. The van der Waals surface area contributed by atoms with Crippen molar-refractivity contribution in [1.29, 1.82) is 0 Å². The first-order valence-electron chi connectivity index (χ1n) is 23.4. The minimum atomic E-state index is -0.383. The standard InChI is InChI=1S/C64H37N3OS/c1-2-14-38(15-3-1)39-28-30-40(31-29-39)61-65-62(67-63(66-61)48-21-13-27-58-60(48)46-19-7-11-26-57(46)69-58)47-20-12-25-56-59(47)50-37-42(33-35-55(50)68-56)41-32-34-54-49(36-41)45-18-6-10-24-53(45)64(54)51-22-8-4-16-43(51)44-17-5-9-23-52(44)64/h1-37H. The van der Waals surface area contributed by atoms with E-state index in [0.717, 1.165) is 66.3 Å². The lowest BCUT2D eigenvalue weighted by molar-refractivity contribution is 0.669. The van der Waals surface area contributed by atoms with E-state index in [9.17, 15) is 0 Å². The molecule has 1 spiro atoms. The zero-order chi connectivity index (χ0) is 45.2. The molecule has 320 valence electrons. The molecule has 4 nitrogen and oxygen atoms in total. The van der Waals surface area contributed by atoms with Crippen LogP contribution < -0.4 is 0 Å². The molecule has 0 amide bonds. The first-order valence-corrected chi connectivity index (χ1v) is 24.2. The lowest BCUT2D eigenvalue weighted by Gasteiger charge is -2.30. The van der Waals surface area contributed by atoms with Gasteiger partial charge in [-0.05, 0) is 103 Å². The van der Waals surface area contributed by atoms with Crippen LogP contribution in [-0.2, 0) is 5.41 Å². The van der Waals surface area contributed by atoms with E-state index in [2.05, 4.69) is 206 Å². The molecule has 0 saturated carbocycles. The second kappa shape index (κ2) is 14.6. The number of hydrogen-bond donors (Lipinski definition) is 0. The zero-order valence-electron chi connectivity index (χ0n) is 37.0. The number of nitrogens with zero attached hydrogens (tertiary/aromatic N) is 3. The largest absolute Gasteiger partial charge is 0.456 e. The maximum atomic E-state index is 6.67. The fraction of sp³-hybridized carbons (Fsp3) is 0.0156. The zero-order valence-corrected chi connectivity index (χ0v) is 37.8. The highest BCUT2D eigenvalue weighted by molar-refractivity contribution is 7.25. The average molecular weight is 896 g/mol. The van der Waals surface area contributed by atoms with E-state index in [-0.39, 0.29) is 5.41 Å². The molecule has 0 saturated heterocycles. The molecule has 15 rings (SSSR count). The van der Waals surface area contributed by atoms with Crippen LogP contribution >= 0.6 is 11.3 Å². The fourth-order valence-corrected chi connectivity index (χ4v) is 12.8. The Kier molecular flexibility index (Phi) is 8.12. The monoisotopic (exact) mass is 895 g/mol. The Labute approximate surface area is 401 Å². The number of furan rings is 1. The van der Waals surface area contributed by atoms with Crippen molar-refractivity contribution >= 4 is 53.4 Å². The molecule has 0 fully saturated rings. The van der Waals surface area contributed by atoms with E-state index in [1.165, 1.54) is 59.3 Å². The first kappa shape index (κ1) is 38.3. The van der Waals surface area contributed by atoms with Crippen molar-refractivity contribution in [1.82, 2.24) is 15.0 Å². The molecule has 13 aromatic rings. The van der Waals surface area contributed by atoms with Crippen LogP contribution in [-0.4, -0.2) is 15.0 Å².